The van der Waals surface area contributed by atoms with Crippen molar-refractivity contribution in [2.24, 2.45) is 11.3 Å². The van der Waals surface area contributed by atoms with E-state index in [1.807, 2.05) is 13.8 Å². The molecule has 0 saturated carbocycles. The maximum Gasteiger partial charge on any atom is 0.348 e. The van der Waals surface area contributed by atoms with Gasteiger partial charge in [-0.1, -0.05) is 13.8 Å². The molecule has 0 saturated heterocycles. The van der Waals surface area contributed by atoms with Crippen LogP contribution in [0.4, 0.5) is 0 Å². The van der Waals surface area contributed by atoms with Crippen molar-refractivity contribution in [1.82, 2.24) is 9.55 Å². The number of thiophene rings is 1. The van der Waals surface area contributed by atoms with E-state index in [1.54, 1.807) is 27.7 Å². The molecular formula is C19H26N2O5S. The quantitative estimate of drug-likeness (QED) is 0.670. The zero-order valence-corrected chi connectivity index (χ0v) is 17.4. The molecule has 8 heteroatoms. The normalized spacial score (nSPS) is 11.8. The highest BCUT2D eigenvalue weighted by atomic mass is 32.1. The molecule has 0 aliphatic rings. The van der Waals surface area contributed by atoms with Crippen LogP contribution in [0, 0.1) is 18.3 Å². The Hall–Kier alpha value is -2.22. The van der Waals surface area contributed by atoms with Gasteiger partial charge in [0, 0.05) is 6.54 Å². The minimum absolute atomic E-state index is 0.135. The Morgan fingerprint density at radius 2 is 1.96 bits per heavy atom. The number of carbonyl (C=O) groups excluding carboxylic acids is 2. The van der Waals surface area contributed by atoms with E-state index in [0.29, 0.717) is 27.3 Å². The van der Waals surface area contributed by atoms with Crippen molar-refractivity contribution >= 4 is 33.5 Å². The molecule has 0 bridgehead atoms. The number of hydrogen-bond acceptors (Lipinski definition) is 7. The van der Waals surface area contributed by atoms with Gasteiger partial charge in [0.25, 0.3) is 5.56 Å². The number of hydrogen-bond donors (Lipinski definition) is 0. The van der Waals surface area contributed by atoms with Gasteiger partial charge in [0.05, 0.1) is 30.3 Å². The first-order valence-corrected chi connectivity index (χ1v) is 9.73. The maximum atomic E-state index is 12.9. The summed E-state index contributed by atoms with van der Waals surface area (Å²) >= 11 is 1.14. The van der Waals surface area contributed by atoms with E-state index in [4.69, 9.17) is 9.47 Å². The van der Waals surface area contributed by atoms with E-state index in [-0.39, 0.29) is 30.6 Å². The predicted molar refractivity (Wildman–Crippen MR) is 104 cm³/mol. The summed E-state index contributed by atoms with van der Waals surface area (Å²) in [7, 11) is 0. The van der Waals surface area contributed by atoms with E-state index < -0.39 is 11.4 Å². The molecule has 0 aromatic carbocycles. The van der Waals surface area contributed by atoms with Gasteiger partial charge in [-0.15, -0.1) is 11.3 Å². The van der Waals surface area contributed by atoms with Crippen LogP contribution in [-0.4, -0.2) is 34.7 Å². The monoisotopic (exact) mass is 394 g/mol. The van der Waals surface area contributed by atoms with Gasteiger partial charge in [-0.2, -0.15) is 0 Å². The number of esters is 2. The maximum absolute atomic E-state index is 12.9. The molecule has 0 unspecified atom stereocenters. The summed E-state index contributed by atoms with van der Waals surface area (Å²) in [5.74, 6) is -0.584. The second kappa shape index (κ2) is 8.21. The van der Waals surface area contributed by atoms with Crippen LogP contribution >= 0.6 is 11.3 Å². The topological polar surface area (TPSA) is 87.5 Å². The van der Waals surface area contributed by atoms with Crippen LogP contribution in [0.2, 0.25) is 0 Å². The summed E-state index contributed by atoms with van der Waals surface area (Å²) < 4.78 is 11.8. The first-order valence-electron chi connectivity index (χ1n) is 8.91. The summed E-state index contributed by atoms with van der Waals surface area (Å²) in [6, 6.07) is 0. The third kappa shape index (κ3) is 4.55. The van der Waals surface area contributed by atoms with Gasteiger partial charge in [0.1, 0.15) is 9.71 Å². The number of aryl methyl sites for hydroxylation is 1. The standard InChI is InChI=1S/C19H26N2O5S/c1-7-25-17(23)14-12(4)13-15(27-14)20-10-21(16(13)22)9-19(5,6)18(24)26-8-11(2)3/h10-11H,7-9H2,1-6H3. The van der Waals surface area contributed by atoms with E-state index in [9.17, 15) is 14.4 Å². The Kier molecular flexibility index (Phi) is 6.41. The molecule has 148 valence electrons. The van der Waals surface area contributed by atoms with Gasteiger partial charge in [-0.05, 0) is 39.2 Å². The second-order valence-electron chi connectivity index (χ2n) is 7.51. The zero-order chi connectivity index (χ0) is 20.4. The lowest BCUT2D eigenvalue weighted by atomic mass is 9.93. The van der Waals surface area contributed by atoms with Gasteiger partial charge in [0.15, 0.2) is 0 Å². The fraction of sp³-hybridized carbons (Fsp3) is 0.579. The summed E-state index contributed by atoms with van der Waals surface area (Å²) in [5.41, 5.74) is -0.614. The fourth-order valence-electron chi connectivity index (χ4n) is 2.59. The van der Waals surface area contributed by atoms with Crippen molar-refractivity contribution in [3.63, 3.8) is 0 Å². The van der Waals surface area contributed by atoms with E-state index in [2.05, 4.69) is 4.98 Å². The van der Waals surface area contributed by atoms with E-state index in [1.165, 1.54) is 10.9 Å². The lowest BCUT2D eigenvalue weighted by molar-refractivity contribution is -0.155. The van der Waals surface area contributed by atoms with Crippen molar-refractivity contribution in [3.8, 4) is 0 Å². The number of ether oxygens (including phenoxy) is 2. The number of fused-ring (bicyclic) bond motifs is 1. The average Bonchev–Trinajstić information content (AvgIpc) is 2.92. The highest BCUT2D eigenvalue weighted by Gasteiger charge is 2.31. The molecule has 0 radical (unpaired) electrons. The first kappa shape index (κ1) is 21.1. The Labute approximate surface area is 162 Å². The molecular weight excluding hydrogens is 368 g/mol. The molecule has 0 spiro atoms. The molecule has 0 aliphatic heterocycles. The third-order valence-electron chi connectivity index (χ3n) is 4.04. The lowest BCUT2D eigenvalue weighted by Gasteiger charge is -2.23. The molecule has 0 amide bonds. The highest BCUT2D eigenvalue weighted by molar-refractivity contribution is 7.20. The van der Waals surface area contributed by atoms with E-state index >= 15 is 0 Å². The first-order chi connectivity index (χ1) is 12.6. The number of nitrogens with zero attached hydrogens (tertiary/aromatic N) is 2. The SMILES string of the molecule is CCOC(=O)c1sc2ncn(CC(C)(C)C(=O)OCC(C)C)c(=O)c2c1C. The summed E-state index contributed by atoms with van der Waals surface area (Å²) in [5, 5.41) is 0.386. The molecule has 0 N–H and O–H groups in total. The van der Waals surface area contributed by atoms with Crippen LogP contribution in [0.3, 0.4) is 0 Å². The lowest BCUT2D eigenvalue weighted by Crippen LogP contribution is -2.36. The van der Waals surface area contributed by atoms with Crippen LogP contribution in [0.15, 0.2) is 11.1 Å². The Balaban J connectivity index is 2.36. The van der Waals surface area contributed by atoms with Crippen LogP contribution in [-0.2, 0) is 20.8 Å². The van der Waals surface area contributed by atoms with Gasteiger partial charge in [-0.3, -0.25) is 14.2 Å². The van der Waals surface area contributed by atoms with Crippen molar-refractivity contribution in [2.45, 2.75) is 48.1 Å². The Morgan fingerprint density at radius 1 is 1.30 bits per heavy atom. The summed E-state index contributed by atoms with van der Waals surface area (Å²) in [6.07, 6.45) is 1.41. The molecule has 0 fully saturated rings. The van der Waals surface area contributed by atoms with Crippen LogP contribution < -0.4 is 5.56 Å². The molecule has 0 atom stereocenters. The van der Waals surface area contributed by atoms with Crippen molar-refractivity contribution in [1.29, 1.82) is 0 Å². The number of carbonyl (C=O) groups is 2. The smallest absolute Gasteiger partial charge is 0.348 e. The molecule has 7 nitrogen and oxygen atoms in total. The van der Waals surface area contributed by atoms with Crippen molar-refractivity contribution < 1.29 is 19.1 Å². The molecule has 2 aromatic heterocycles. The zero-order valence-electron chi connectivity index (χ0n) is 16.6. The van der Waals surface area contributed by atoms with Crippen LogP contribution in [0.1, 0.15) is 49.9 Å². The third-order valence-corrected chi connectivity index (χ3v) is 5.22. The molecule has 2 rings (SSSR count). The minimum Gasteiger partial charge on any atom is -0.465 e. The van der Waals surface area contributed by atoms with Gasteiger partial charge < -0.3 is 9.47 Å². The van der Waals surface area contributed by atoms with Crippen molar-refractivity contribution in [2.75, 3.05) is 13.2 Å². The number of rotatable bonds is 7. The molecule has 2 heterocycles. The molecule has 27 heavy (non-hydrogen) atoms. The van der Waals surface area contributed by atoms with Crippen LogP contribution in [0.5, 0.6) is 0 Å². The van der Waals surface area contributed by atoms with Gasteiger partial charge >= 0.3 is 11.9 Å². The highest BCUT2D eigenvalue weighted by Crippen LogP contribution is 2.28. The largest absolute Gasteiger partial charge is 0.465 e. The Morgan fingerprint density at radius 3 is 2.56 bits per heavy atom. The van der Waals surface area contributed by atoms with Gasteiger partial charge in [0.2, 0.25) is 0 Å². The molecule has 2 aromatic rings. The number of aromatic nitrogens is 2. The predicted octanol–water partition coefficient (Wildman–Crippen LogP) is 3.17. The van der Waals surface area contributed by atoms with Crippen molar-refractivity contribution in [3.05, 3.63) is 27.1 Å². The second-order valence-corrected chi connectivity index (χ2v) is 8.51. The fourth-order valence-corrected chi connectivity index (χ4v) is 3.62. The minimum atomic E-state index is -0.887. The average molecular weight is 394 g/mol. The summed E-state index contributed by atoms with van der Waals surface area (Å²) in [6.45, 7) is 11.6. The van der Waals surface area contributed by atoms with Crippen LogP contribution in [0.25, 0.3) is 10.2 Å². The summed E-state index contributed by atoms with van der Waals surface area (Å²) in [4.78, 5) is 42.5. The van der Waals surface area contributed by atoms with E-state index in [0.717, 1.165) is 11.3 Å². The van der Waals surface area contributed by atoms with Gasteiger partial charge in [-0.25, -0.2) is 9.78 Å². The molecule has 0 aliphatic carbocycles. The Bertz CT molecular complexity index is 911.